The minimum absolute atomic E-state index is 0.0282. The van der Waals surface area contributed by atoms with Gasteiger partial charge in [0.2, 0.25) is 11.8 Å². The molecule has 1 aliphatic carbocycles. The van der Waals surface area contributed by atoms with E-state index in [0.717, 1.165) is 30.0 Å². The van der Waals surface area contributed by atoms with E-state index in [2.05, 4.69) is 15.5 Å². The lowest BCUT2D eigenvalue weighted by Gasteiger charge is -2.17. The molecule has 1 heterocycles. The topological polar surface area (TPSA) is 112 Å². The first-order chi connectivity index (χ1) is 13.0. The van der Waals surface area contributed by atoms with Gasteiger partial charge in [-0.1, -0.05) is 30.0 Å². The third-order valence-corrected chi connectivity index (χ3v) is 5.28. The summed E-state index contributed by atoms with van der Waals surface area (Å²) in [5.41, 5.74) is 6.25. The predicted molar refractivity (Wildman–Crippen MR) is 101 cm³/mol. The van der Waals surface area contributed by atoms with Crippen molar-refractivity contribution in [2.45, 2.75) is 43.4 Å². The number of nitrogens with zero attached hydrogens (tertiary/aromatic N) is 3. The summed E-state index contributed by atoms with van der Waals surface area (Å²) in [4.78, 5) is 23.7. The second-order valence-electron chi connectivity index (χ2n) is 6.49. The summed E-state index contributed by atoms with van der Waals surface area (Å²) < 4.78 is 7.06. The van der Waals surface area contributed by atoms with Crippen molar-refractivity contribution in [3.05, 3.63) is 35.7 Å². The zero-order valence-corrected chi connectivity index (χ0v) is 16.2. The lowest BCUT2D eigenvalue weighted by molar-refractivity contribution is -0.119. The Labute approximate surface area is 161 Å². The fraction of sp³-hybridized carbons (Fsp3) is 0.444. The average molecular weight is 389 g/mol. The molecule has 1 atom stereocenters. The largest absolute Gasteiger partial charge is 0.496 e. The van der Waals surface area contributed by atoms with Crippen molar-refractivity contribution in [1.82, 2.24) is 20.1 Å². The minimum Gasteiger partial charge on any atom is -0.496 e. The molecular weight excluding hydrogens is 366 g/mol. The SMILES string of the molecule is COc1ccccc1C(C)NC(=O)CSc1nnc(C2CC2)n1CC(N)=O. The monoisotopic (exact) mass is 389 g/mol. The van der Waals surface area contributed by atoms with Crippen LogP contribution in [0.15, 0.2) is 29.4 Å². The van der Waals surface area contributed by atoms with Crippen molar-refractivity contribution in [3.8, 4) is 5.75 Å². The van der Waals surface area contributed by atoms with Crippen molar-refractivity contribution < 1.29 is 14.3 Å². The van der Waals surface area contributed by atoms with Crippen molar-refractivity contribution in [1.29, 1.82) is 0 Å². The van der Waals surface area contributed by atoms with Gasteiger partial charge >= 0.3 is 0 Å². The number of methoxy groups -OCH3 is 1. The maximum Gasteiger partial charge on any atom is 0.237 e. The highest BCUT2D eigenvalue weighted by molar-refractivity contribution is 7.99. The molecule has 9 heteroatoms. The van der Waals surface area contributed by atoms with Gasteiger partial charge in [0.25, 0.3) is 0 Å². The second-order valence-corrected chi connectivity index (χ2v) is 7.43. The standard InChI is InChI=1S/C18H23N5O3S/c1-11(13-5-3-4-6-14(13)26-2)20-16(25)10-27-18-22-21-17(12-7-8-12)23(18)9-15(19)24/h3-6,11-12H,7-10H2,1-2H3,(H2,19,24)(H,20,25). The van der Waals surface area contributed by atoms with Gasteiger partial charge < -0.3 is 15.8 Å². The highest BCUT2D eigenvalue weighted by Crippen LogP contribution is 2.40. The van der Waals surface area contributed by atoms with Gasteiger partial charge in [-0.3, -0.25) is 14.2 Å². The highest BCUT2D eigenvalue weighted by Gasteiger charge is 2.31. The predicted octanol–water partition coefficient (Wildman–Crippen LogP) is 1.62. The van der Waals surface area contributed by atoms with Crippen LogP contribution in [0.1, 0.15) is 43.1 Å². The number of primary amides is 1. The summed E-state index contributed by atoms with van der Waals surface area (Å²) in [7, 11) is 1.60. The van der Waals surface area contributed by atoms with Gasteiger partial charge in [-0.05, 0) is 25.8 Å². The number of nitrogens with two attached hydrogens (primary N) is 1. The molecule has 2 aromatic rings. The van der Waals surface area contributed by atoms with E-state index in [1.807, 2.05) is 31.2 Å². The molecule has 1 saturated carbocycles. The number of thioether (sulfide) groups is 1. The van der Waals surface area contributed by atoms with Crippen LogP contribution in [0.3, 0.4) is 0 Å². The number of rotatable bonds is 9. The van der Waals surface area contributed by atoms with Crippen LogP contribution >= 0.6 is 11.8 Å². The van der Waals surface area contributed by atoms with Crippen molar-refractivity contribution in [3.63, 3.8) is 0 Å². The zero-order valence-electron chi connectivity index (χ0n) is 15.3. The summed E-state index contributed by atoms with van der Waals surface area (Å²) in [5.74, 6) is 1.42. The van der Waals surface area contributed by atoms with Crippen molar-refractivity contribution in [2.75, 3.05) is 12.9 Å². The van der Waals surface area contributed by atoms with E-state index in [4.69, 9.17) is 10.5 Å². The fourth-order valence-corrected chi connectivity index (χ4v) is 3.63. The summed E-state index contributed by atoms with van der Waals surface area (Å²) >= 11 is 1.25. The average Bonchev–Trinajstić information content (AvgIpc) is 3.41. The Morgan fingerprint density at radius 3 is 2.78 bits per heavy atom. The van der Waals surface area contributed by atoms with E-state index >= 15 is 0 Å². The van der Waals surface area contributed by atoms with Crippen molar-refractivity contribution in [2.24, 2.45) is 5.73 Å². The number of aromatic nitrogens is 3. The van der Waals surface area contributed by atoms with Gasteiger partial charge in [0.1, 0.15) is 18.1 Å². The Hall–Kier alpha value is -2.55. The second kappa shape index (κ2) is 8.43. The molecule has 1 aromatic heterocycles. The lowest BCUT2D eigenvalue weighted by atomic mass is 10.1. The van der Waals surface area contributed by atoms with Crippen LogP contribution < -0.4 is 15.8 Å². The first kappa shape index (κ1) is 19.2. The highest BCUT2D eigenvalue weighted by atomic mass is 32.2. The van der Waals surface area contributed by atoms with E-state index in [1.165, 1.54) is 11.8 Å². The Bertz CT molecular complexity index is 834. The maximum atomic E-state index is 12.4. The van der Waals surface area contributed by atoms with Crippen LogP contribution in [0.2, 0.25) is 0 Å². The number of ether oxygens (including phenoxy) is 1. The van der Waals surface area contributed by atoms with Gasteiger partial charge in [-0.2, -0.15) is 0 Å². The normalized spacial score (nSPS) is 14.6. The van der Waals surface area contributed by atoms with Crippen LogP contribution in [-0.2, 0) is 16.1 Å². The molecule has 3 N–H and O–H groups in total. The van der Waals surface area contributed by atoms with E-state index in [0.29, 0.717) is 11.1 Å². The number of amides is 2. The van der Waals surface area contributed by atoms with Crippen LogP contribution in [0.5, 0.6) is 5.75 Å². The first-order valence-corrected chi connectivity index (χ1v) is 9.74. The van der Waals surface area contributed by atoms with Crippen LogP contribution in [0, 0.1) is 0 Å². The van der Waals surface area contributed by atoms with E-state index in [-0.39, 0.29) is 24.2 Å². The molecule has 0 spiro atoms. The zero-order chi connectivity index (χ0) is 19.4. The molecule has 1 fully saturated rings. The number of carbonyl (C=O) groups is 2. The Balaban J connectivity index is 1.61. The smallest absolute Gasteiger partial charge is 0.237 e. The number of para-hydroxylation sites is 1. The molecular formula is C18H23N5O3S. The number of hydrogen-bond acceptors (Lipinski definition) is 6. The molecule has 144 valence electrons. The van der Waals surface area contributed by atoms with Crippen LogP contribution in [0.4, 0.5) is 0 Å². The molecule has 1 aliphatic rings. The Kier molecular flexibility index (Phi) is 6.00. The molecule has 0 bridgehead atoms. The third-order valence-electron chi connectivity index (χ3n) is 4.32. The van der Waals surface area contributed by atoms with Crippen LogP contribution in [-0.4, -0.2) is 39.4 Å². The van der Waals surface area contributed by atoms with Gasteiger partial charge in [-0.15, -0.1) is 10.2 Å². The first-order valence-electron chi connectivity index (χ1n) is 8.76. The quantitative estimate of drug-likeness (QED) is 0.630. The summed E-state index contributed by atoms with van der Waals surface area (Å²) in [6, 6.07) is 7.37. The van der Waals surface area contributed by atoms with Crippen molar-refractivity contribution >= 4 is 23.6 Å². The number of hydrogen-bond donors (Lipinski definition) is 2. The fourth-order valence-electron chi connectivity index (χ4n) is 2.87. The molecule has 2 amide bonds. The molecule has 1 unspecified atom stereocenters. The summed E-state index contributed by atoms with van der Waals surface area (Å²) in [6.07, 6.45) is 2.08. The molecule has 0 aliphatic heterocycles. The number of benzene rings is 1. The molecule has 3 rings (SSSR count). The molecule has 0 radical (unpaired) electrons. The van der Waals surface area contributed by atoms with Gasteiger partial charge in [0.05, 0.1) is 18.9 Å². The third kappa shape index (κ3) is 4.79. The molecule has 1 aromatic carbocycles. The minimum atomic E-state index is -0.451. The summed E-state index contributed by atoms with van der Waals surface area (Å²) in [6.45, 7) is 1.93. The van der Waals surface area contributed by atoms with Gasteiger partial charge in [0.15, 0.2) is 5.16 Å². The van der Waals surface area contributed by atoms with Crippen LogP contribution in [0.25, 0.3) is 0 Å². The molecule has 8 nitrogen and oxygen atoms in total. The maximum absolute atomic E-state index is 12.4. The van der Waals surface area contributed by atoms with E-state index in [9.17, 15) is 9.59 Å². The van der Waals surface area contributed by atoms with E-state index in [1.54, 1.807) is 11.7 Å². The molecule has 0 saturated heterocycles. The summed E-state index contributed by atoms with van der Waals surface area (Å²) in [5, 5.41) is 11.8. The van der Waals surface area contributed by atoms with Gasteiger partial charge in [-0.25, -0.2) is 0 Å². The Morgan fingerprint density at radius 1 is 1.37 bits per heavy atom. The Morgan fingerprint density at radius 2 is 2.11 bits per heavy atom. The number of carbonyl (C=O) groups excluding carboxylic acids is 2. The lowest BCUT2D eigenvalue weighted by Crippen LogP contribution is -2.28. The molecule has 27 heavy (non-hydrogen) atoms. The number of nitrogens with one attached hydrogen (secondary N) is 1. The van der Waals surface area contributed by atoms with Gasteiger partial charge in [0, 0.05) is 11.5 Å². The van der Waals surface area contributed by atoms with E-state index < -0.39 is 5.91 Å².